The van der Waals surface area contributed by atoms with Crippen molar-refractivity contribution < 1.29 is 18.3 Å². The molecule has 0 spiro atoms. The van der Waals surface area contributed by atoms with Crippen molar-refractivity contribution in [3.8, 4) is 11.3 Å². The average Bonchev–Trinajstić information content (AvgIpc) is 3.27. The van der Waals surface area contributed by atoms with Gasteiger partial charge in [0.15, 0.2) is 0 Å². The number of rotatable bonds is 8. The molecule has 1 amide bonds. The minimum absolute atomic E-state index is 0.0370. The Kier molecular flexibility index (Phi) is 7.12. The quantitative estimate of drug-likeness (QED) is 0.592. The van der Waals surface area contributed by atoms with Gasteiger partial charge in [0.2, 0.25) is 5.91 Å². The fraction of sp³-hybridized carbons (Fsp3) is 0.320. The topological polar surface area (TPSA) is 54.7 Å². The van der Waals surface area contributed by atoms with Crippen molar-refractivity contribution in [3.63, 3.8) is 0 Å². The Morgan fingerprint density at radius 1 is 0.968 bits per heavy atom. The Morgan fingerprint density at radius 2 is 1.71 bits per heavy atom. The van der Waals surface area contributed by atoms with Crippen LogP contribution in [0.15, 0.2) is 65.1 Å². The van der Waals surface area contributed by atoms with E-state index in [1.165, 1.54) is 11.6 Å². The molecule has 2 heterocycles. The molecule has 3 aromatic rings. The molecular weight excluding hydrogens is 395 g/mol. The van der Waals surface area contributed by atoms with Crippen LogP contribution in [0.25, 0.3) is 11.3 Å². The number of aryl methyl sites for hydroxylation is 1. The second-order valence-corrected chi connectivity index (χ2v) is 7.68. The molecule has 2 aromatic carbocycles. The maximum atomic E-state index is 13.9. The Labute approximate surface area is 181 Å². The van der Waals surface area contributed by atoms with E-state index in [0.717, 1.165) is 38.4 Å². The number of carbonyl (C=O) groups excluding carboxylic acids is 1. The number of ether oxygens (including phenoxy) is 1. The number of amides is 1. The van der Waals surface area contributed by atoms with Crippen LogP contribution in [-0.2, 0) is 29.0 Å². The zero-order valence-electron chi connectivity index (χ0n) is 17.5. The van der Waals surface area contributed by atoms with E-state index in [1.54, 1.807) is 30.3 Å². The van der Waals surface area contributed by atoms with Gasteiger partial charge in [-0.2, -0.15) is 0 Å². The van der Waals surface area contributed by atoms with Crippen LogP contribution in [0.3, 0.4) is 0 Å². The van der Waals surface area contributed by atoms with Crippen molar-refractivity contribution >= 4 is 5.91 Å². The number of morpholine rings is 1. The molecule has 0 atom stereocenters. The van der Waals surface area contributed by atoms with E-state index >= 15 is 0 Å². The maximum Gasteiger partial charge on any atom is 0.220 e. The molecule has 1 saturated heterocycles. The van der Waals surface area contributed by atoms with Gasteiger partial charge in [-0.15, -0.1) is 0 Å². The first-order chi connectivity index (χ1) is 15.2. The summed E-state index contributed by atoms with van der Waals surface area (Å²) in [7, 11) is 0. The van der Waals surface area contributed by atoms with Crippen LogP contribution in [0.1, 0.15) is 23.3 Å². The summed E-state index contributed by atoms with van der Waals surface area (Å²) in [6, 6.07) is 18.2. The van der Waals surface area contributed by atoms with Gasteiger partial charge in [-0.1, -0.05) is 36.4 Å². The van der Waals surface area contributed by atoms with Gasteiger partial charge in [-0.05, 0) is 35.4 Å². The lowest BCUT2D eigenvalue weighted by molar-refractivity contribution is -0.121. The predicted octanol–water partition coefficient (Wildman–Crippen LogP) is 4.17. The summed E-state index contributed by atoms with van der Waals surface area (Å²) in [5.41, 5.74) is 2.78. The SMILES string of the molecule is O=C(CCc1ccc(-c2ccccc2F)o1)NCc1ccccc1CN1CCOCC1. The van der Waals surface area contributed by atoms with Crippen LogP contribution in [0.4, 0.5) is 4.39 Å². The summed E-state index contributed by atoms with van der Waals surface area (Å²) in [6.45, 7) is 4.75. The summed E-state index contributed by atoms with van der Waals surface area (Å²) >= 11 is 0. The maximum absolute atomic E-state index is 13.9. The smallest absolute Gasteiger partial charge is 0.220 e. The molecular formula is C25H27FN2O3. The highest BCUT2D eigenvalue weighted by atomic mass is 19.1. The normalized spacial score (nSPS) is 14.5. The summed E-state index contributed by atoms with van der Waals surface area (Å²) in [4.78, 5) is 14.8. The van der Waals surface area contributed by atoms with E-state index in [9.17, 15) is 9.18 Å². The van der Waals surface area contributed by atoms with Crippen LogP contribution >= 0.6 is 0 Å². The molecule has 0 radical (unpaired) electrons. The monoisotopic (exact) mass is 422 g/mol. The zero-order valence-corrected chi connectivity index (χ0v) is 17.5. The first-order valence-electron chi connectivity index (χ1n) is 10.7. The van der Waals surface area contributed by atoms with E-state index in [1.807, 2.05) is 12.1 Å². The van der Waals surface area contributed by atoms with Gasteiger partial charge >= 0.3 is 0 Å². The Bertz CT molecular complexity index is 1010. The number of hydrogen-bond acceptors (Lipinski definition) is 4. The third-order valence-corrected chi connectivity index (χ3v) is 5.49. The van der Waals surface area contributed by atoms with E-state index in [0.29, 0.717) is 36.5 Å². The third-order valence-electron chi connectivity index (χ3n) is 5.49. The largest absolute Gasteiger partial charge is 0.461 e. The first kappa shape index (κ1) is 21.3. The Hall–Kier alpha value is -2.96. The molecule has 5 nitrogen and oxygen atoms in total. The molecule has 0 unspecified atom stereocenters. The zero-order chi connectivity index (χ0) is 21.5. The molecule has 1 aromatic heterocycles. The summed E-state index contributed by atoms with van der Waals surface area (Å²) < 4.78 is 25.1. The van der Waals surface area contributed by atoms with Crippen LogP contribution in [0.2, 0.25) is 0 Å². The Balaban J connectivity index is 1.28. The first-order valence-corrected chi connectivity index (χ1v) is 10.7. The summed E-state index contributed by atoms with van der Waals surface area (Å²) in [6.07, 6.45) is 0.783. The van der Waals surface area contributed by atoms with Crippen molar-refractivity contribution in [1.29, 1.82) is 0 Å². The predicted molar refractivity (Wildman–Crippen MR) is 117 cm³/mol. The average molecular weight is 423 g/mol. The number of furan rings is 1. The lowest BCUT2D eigenvalue weighted by Crippen LogP contribution is -2.36. The molecule has 0 saturated carbocycles. The fourth-order valence-corrected chi connectivity index (χ4v) is 3.72. The minimum atomic E-state index is -0.322. The molecule has 31 heavy (non-hydrogen) atoms. The molecule has 1 fully saturated rings. The molecule has 1 N–H and O–H groups in total. The van der Waals surface area contributed by atoms with Gasteiger partial charge in [0.1, 0.15) is 17.3 Å². The summed E-state index contributed by atoms with van der Waals surface area (Å²) in [5, 5.41) is 3.01. The van der Waals surface area contributed by atoms with E-state index in [2.05, 4.69) is 22.3 Å². The van der Waals surface area contributed by atoms with Gasteiger partial charge in [0, 0.05) is 39.0 Å². The molecule has 0 aliphatic carbocycles. The molecule has 1 aliphatic heterocycles. The Morgan fingerprint density at radius 3 is 2.52 bits per heavy atom. The lowest BCUT2D eigenvalue weighted by Gasteiger charge is -2.27. The van der Waals surface area contributed by atoms with E-state index in [4.69, 9.17) is 9.15 Å². The minimum Gasteiger partial charge on any atom is -0.461 e. The second kappa shape index (κ2) is 10.4. The lowest BCUT2D eigenvalue weighted by atomic mass is 10.1. The van der Waals surface area contributed by atoms with Crippen LogP contribution in [-0.4, -0.2) is 37.1 Å². The van der Waals surface area contributed by atoms with Crippen molar-refractivity contribution in [1.82, 2.24) is 10.2 Å². The highest BCUT2D eigenvalue weighted by Crippen LogP contribution is 2.25. The van der Waals surface area contributed by atoms with Gasteiger partial charge in [-0.3, -0.25) is 9.69 Å². The molecule has 4 rings (SSSR count). The molecule has 0 bridgehead atoms. The van der Waals surface area contributed by atoms with Gasteiger partial charge in [-0.25, -0.2) is 4.39 Å². The highest BCUT2D eigenvalue weighted by molar-refractivity contribution is 5.76. The number of halogens is 1. The number of hydrogen-bond donors (Lipinski definition) is 1. The van der Waals surface area contributed by atoms with Crippen LogP contribution < -0.4 is 5.32 Å². The third kappa shape index (κ3) is 5.81. The standard InChI is InChI=1S/C25H27FN2O3/c26-23-8-4-3-7-22(23)24-11-9-21(31-24)10-12-25(29)27-17-19-5-1-2-6-20(19)18-28-13-15-30-16-14-28/h1-9,11H,10,12-18H2,(H,27,29). The number of nitrogens with one attached hydrogen (secondary N) is 1. The van der Waals surface area contributed by atoms with Crippen molar-refractivity contribution in [2.75, 3.05) is 26.3 Å². The van der Waals surface area contributed by atoms with Crippen LogP contribution in [0.5, 0.6) is 0 Å². The highest BCUT2D eigenvalue weighted by Gasteiger charge is 2.14. The summed E-state index contributed by atoms with van der Waals surface area (Å²) in [5.74, 6) is 0.786. The molecule has 1 aliphatic rings. The van der Waals surface area contributed by atoms with Gasteiger partial charge in [0.25, 0.3) is 0 Å². The van der Waals surface area contributed by atoms with E-state index < -0.39 is 0 Å². The fourth-order valence-electron chi connectivity index (χ4n) is 3.72. The molecule has 6 heteroatoms. The van der Waals surface area contributed by atoms with Gasteiger partial charge < -0.3 is 14.5 Å². The van der Waals surface area contributed by atoms with Crippen LogP contribution in [0, 0.1) is 5.82 Å². The number of nitrogens with zero attached hydrogens (tertiary/aromatic N) is 1. The molecule has 162 valence electrons. The van der Waals surface area contributed by atoms with Crippen molar-refractivity contribution in [3.05, 3.63) is 83.4 Å². The van der Waals surface area contributed by atoms with Gasteiger partial charge in [0.05, 0.1) is 18.8 Å². The van der Waals surface area contributed by atoms with Crippen molar-refractivity contribution in [2.24, 2.45) is 0 Å². The number of carbonyl (C=O) groups is 1. The van der Waals surface area contributed by atoms with Crippen molar-refractivity contribution in [2.45, 2.75) is 25.9 Å². The number of benzene rings is 2. The van der Waals surface area contributed by atoms with E-state index in [-0.39, 0.29) is 11.7 Å². The second-order valence-electron chi connectivity index (χ2n) is 7.68.